The zero-order valence-corrected chi connectivity index (χ0v) is 24.9. The Kier molecular flexibility index (Phi) is 9.59. The topological polar surface area (TPSA) is 9.72 Å². The summed E-state index contributed by atoms with van der Waals surface area (Å²) in [5, 5.41) is 0. The quantitative estimate of drug-likeness (QED) is 0.345. The molecule has 2 aliphatic heterocycles. The third-order valence-corrected chi connectivity index (χ3v) is 9.63. The van der Waals surface area contributed by atoms with Gasteiger partial charge in [-0.05, 0) is 94.5 Å². The highest BCUT2D eigenvalue weighted by atomic mass is 15.3. The Bertz CT molecular complexity index is 586. The molecule has 0 bridgehead atoms. The normalized spacial score (nSPS) is 22.0. The first kappa shape index (κ1) is 29.1. The lowest BCUT2D eigenvalue weighted by molar-refractivity contribution is -0.00857. The van der Waals surface area contributed by atoms with Crippen molar-refractivity contribution in [3.63, 3.8) is 0 Å². The van der Waals surface area contributed by atoms with Crippen LogP contribution in [-0.4, -0.2) is 72.1 Å². The molecule has 0 unspecified atom stereocenters. The van der Waals surface area contributed by atoms with Gasteiger partial charge >= 0.3 is 0 Å². The Hall–Kier alpha value is -0.120. The van der Waals surface area contributed by atoms with Crippen LogP contribution in [0.3, 0.4) is 0 Å². The number of piperidine rings is 1. The van der Waals surface area contributed by atoms with E-state index in [1.54, 1.807) is 0 Å². The number of nitrogens with zero attached hydrogens (tertiary/aromatic N) is 3. The molecule has 0 aliphatic carbocycles. The van der Waals surface area contributed by atoms with Crippen LogP contribution in [-0.2, 0) is 0 Å². The molecule has 0 aromatic heterocycles. The van der Waals surface area contributed by atoms with E-state index in [2.05, 4.69) is 97.8 Å². The fourth-order valence-corrected chi connectivity index (χ4v) is 7.19. The smallest absolute Gasteiger partial charge is 0.0159 e. The molecule has 2 fully saturated rings. The summed E-state index contributed by atoms with van der Waals surface area (Å²) in [5.74, 6) is 1.58. The van der Waals surface area contributed by atoms with Crippen molar-refractivity contribution in [2.24, 2.45) is 28.1 Å². The number of likely N-dealkylation sites (tertiary alicyclic amines) is 1. The van der Waals surface area contributed by atoms with Crippen LogP contribution < -0.4 is 0 Å². The van der Waals surface area contributed by atoms with Gasteiger partial charge in [-0.15, -0.1) is 0 Å². The summed E-state index contributed by atoms with van der Waals surface area (Å²) in [6, 6.07) is 0.679. The summed E-state index contributed by atoms with van der Waals surface area (Å²) in [4.78, 5) is 8.19. The van der Waals surface area contributed by atoms with Gasteiger partial charge in [0.05, 0.1) is 0 Å². The van der Waals surface area contributed by atoms with Crippen LogP contribution in [0.2, 0.25) is 0 Å². The summed E-state index contributed by atoms with van der Waals surface area (Å²) in [7, 11) is 0. The van der Waals surface area contributed by atoms with E-state index < -0.39 is 0 Å². The molecule has 0 saturated carbocycles. The van der Waals surface area contributed by atoms with Crippen molar-refractivity contribution in [3.05, 3.63) is 0 Å². The van der Waals surface area contributed by atoms with Gasteiger partial charge in [-0.2, -0.15) is 0 Å². The van der Waals surface area contributed by atoms with E-state index in [0.29, 0.717) is 22.3 Å². The second-order valence-corrected chi connectivity index (χ2v) is 15.1. The van der Waals surface area contributed by atoms with Crippen LogP contribution in [0.15, 0.2) is 0 Å². The Morgan fingerprint density at radius 3 is 1.67 bits per heavy atom. The highest BCUT2D eigenvalue weighted by Gasteiger charge is 2.41. The lowest BCUT2D eigenvalue weighted by Crippen LogP contribution is -2.57. The Morgan fingerprint density at radius 2 is 1.21 bits per heavy atom. The first-order valence-electron chi connectivity index (χ1n) is 14.2. The van der Waals surface area contributed by atoms with Crippen molar-refractivity contribution in [2.45, 2.75) is 120 Å². The van der Waals surface area contributed by atoms with Crippen molar-refractivity contribution < 1.29 is 0 Å². The Labute approximate surface area is 209 Å². The van der Waals surface area contributed by atoms with Crippen LogP contribution in [0.25, 0.3) is 0 Å². The lowest BCUT2D eigenvalue weighted by atomic mass is 9.67. The molecule has 0 amide bonds. The van der Waals surface area contributed by atoms with E-state index in [-0.39, 0.29) is 5.54 Å². The number of hydrogen-bond acceptors (Lipinski definition) is 3. The highest BCUT2D eigenvalue weighted by Crippen LogP contribution is 2.44. The molecule has 3 heteroatoms. The second kappa shape index (κ2) is 10.9. The van der Waals surface area contributed by atoms with Crippen molar-refractivity contribution >= 4 is 0 Å². The van der Waals surface area contributed by atoms with Gasteiger partial charge in [0.25, 0.3) is 0 Å². The summed E-state index contributed by atoms with van der Waals surface area (Å²) in [5.41, 5.74) is 1.49. The molecule has 0 atom stereocenters. The molecule has 2 rings (SSSR count). The van der Waals surface area contributed by atoms with Gasteiger partial charge in [0.2, 0.25) is 0 Å². The fourth-order valence-electron chi connectivity index (χ4n) is 7.19. The van der Waals surface area contributed by atoms with Gasteiger partial charge in [0, 0.05) is 44.3 Å². The maximum Gasteiger partial charge on any atom is 0.0159 e. The molecule has 0 radical (unpaired) electrons. The summed E-state index contributed by atoms with van der Waals surface area (Å²) in [6.45, 7) is 38.2. The first-order valence-corrected chi connectivity index (χ1v) is 14.2. The highest BCUT2D eigenvalue weighted by molar-refractivity contribution is 4.95. The molecule has 2 aliphatic rings. The second-order valence-electron chi connectivity index (χ2n) is 15.1. The van der Waals surface area contributed by atoms with Gasteiger partial charge in [-0.25, -0.2) is 0 Å². The third-order valence-electron chi connectivity index (χ3n) is 9.63. The molecule has 0 aromatic carbocycles. The van der Waals surface area contributed by atoms with Gasteiger partial charge in [-0.1, -0.05) is 55.4 Å². The molecule has 33 heavy (non-hydrogen) atoms. The average Bonchev–Trinajstić information content (AvgIpc) is 2.66. The van der Waals surface area contributed by atoms with Gasteiger partial charge in [-0.3, -0.25) is 9.80 Å². The van der Waals surface area contributed by atoms with E-state index >= 15 is 0 Å². The zero-order valence-electron chi connectivity index (χ0n) is 24.9. The molecular formula is C30H61N3. The average molecular weight is 464 g/mol. The van der Waals surface area contributed by atoms with Crippen molar-refractivity contribution in [3.8, 4) is 0 Å². The van der Waals surface area contributed by atoms with Crippen molar-refractivity contribution in [1.82, 2.24) is 14.7 Å². The minimum atomic E-state index is 0.286. The largest absolute Gasteiger partial charge is 0.303 e. The molecule has 0 spiro atoms. The molecule has 196 valence electrons. The van der Waals surface area contributed by atoms with E-state index in [0.717, 1.165) is 11.8 Å². The molecule has 2 saturated heterocycles. The van der Waals surface area contributed by atoms with Crippen LogP contribution in [0.4, 0.5) is 0 Å². The number of rotatable bonds is 10. The minimum Gasteiger partial charge on any atom is -0.303 e. The van der Waals surface area contributed by atoms with E-state index in [1.807, 2.05) is 0 Å². The van der Waals surface area contributed by atoms with E-state index in [9.17, 15) is 0 Å². The van der Waals surface area contributed by atoms with Crippen molar-refractivity contribution in [1.29, 1.82) is 0 Å². The summed E-state index contributed by atoms with van der Waals surface area (Å²) >= 11 is 0. The molecule has 3 nitrogen and oxygen atoms in total. The predicted octanol–water partition coefficient (Wildman–Crippen LogP) is 7.02. The summed E-state index contributed by atoms with van der Waals surface area (Å²) in [6.07, 6.45) is 5.35. The van der Waals surface area contributed by atoms with Crippen LogP contribution >= 0.6 is 0 Å². The molecule has 2 heterocycles. The van der Waals surface area contributed by atoms with E-state index in [4.69, 9.17) is 0 Å². The van der Waals surface area contributed by atoms with Crippen LogP contribution in [0.5, 0.6) is 0 Å². The van der Waals surface area contributed by atoms with E-state index in [1.165, 1.54) is 71.5 Å². The standard InChI is InChI=1S/C30H61N3/c1-24(2)28(7,8)21-27(5,6)23-31-15-13-26(14-16-31)29(9,10)22-30(11,12)33-19-17-32(18-20-33)25(3)4/h24-26H,13-23H2,1-12H3. The molecular weight excluding hydrogens is 402 g/mol. The Balaban J connectivity index is 1.87. The Morgan fingerprint density at radius 1 is 0.697 bits per heavy atom. The van der Waals surface area contributed by atoms with Crippen molar-refractivity contribution in [2.75, 3.05) is 45.8 Å². The third kappa shape index (κ3) is 8.21. The van der Waals surface area contributed by atoms with Crippen LogP contribution in [0, 0.1) is 28.1 Å². The van der Waals surface area contributed by atoms with Crippen LogP contribution in [0.1, 0.15) is 109 Å². The van der Waals surface area contributed by atoms with Gasteiger partial charge in [0.15, 0.2) is 0 Å². The maximum atomic E-state index is 2.78. The number of piperazine rings is 1. The SMILES string of the molecule is CC(C)N1CCN(C(C)(C)CC(C)(C)C2CCN(CC(C)(C)CC(C)(C)C(C)C)CC2)CC1. The predicted molar refractivity (Wildman–Crippen MR) is 147 cm³/mol. The van der Waals surface area contributed by atoms with Gasteiger partial charge in [0.1, 0.15) is 0 Å². The number of hydrogen-bond donors (Lipinski definition) is 0. The van der Waals surface area contributed by atoms with Gasteiger partial charge < -0.3 is 4.90 Å². The zero-order chi connectivity index (χ0) is 25.2. The first-order chi connectivity index (χ1) is 15.0. The molecule has 0 aromatic rings. The summed E-state index contributed by atoms with van der Waals surface area (Å²) < 4.78 is 0. The fraction of sp³-hybridized carbons (Fsp3) is 1.00. The lowest BCUT2D eigenvalue weighted by Gasteiger charge is -2.50. The molecule has 0 N–H and O–H groups in total. The monoisotopic (exact) mass is 463 g/mol. The maximum absolute atomic E-state index is 2.78. The minimum absolute atomic E-state index is 0.286.